The predicted octanol–water partition coefficient (Wildman–Crippen LogP) is 0.983. The first-order chi connectivity index (χ1) is 10.1. The molecule has 2 amide bonds. The summed E-state index contributed by atoms with van der Waals surface area (Å²) in [7, 11) is 0. The molecule has 0 bridgehead atoms. The van der Waals surface area contributed by atoms with Gasteiger partial charge in [0.25, 0.3) is 5.91 Å². The molecule has 0 heterocycles. The third-order valence-corrected chi connectivity index (χ3v) is 3.37. The van der Waals surface area contributed by atoms with Gasteiger partial charge in [-0.2, -0.15) is 0 Å². The molecule has 3 N–H and O–H groups in total. The molecule has 0 atom stereocenters. The number of hydrogen-bond donors (Lipinski definition) is 3. The molecule has 0 unspecified atom stereocenters. The van der Waals surface area contributed by atoms with Gasteiger partial charge in [0.05, 0.1) is 0 Å². The van der Waals surface area contributed by atoms with Gasteiger partial charge in [-0.1, -0.05) is 17.7 Å². The van der Waals surface area contributed by atoms with Crippen LogP contribution >= 0.6 is 0 Å². The first-order valence-corrected chi connectivity index (χ1v) is 7.50. The Hall–Kier alpha value is -1.88. The zero-order valence-corrected chi connectivity index (χ0v) is 12.4. The van der Waals surface area contributed by atoms with Gasteiger partial charge in [0, 0.05) is 37.7 Å². The molecule has 114 valence electrons. The Balaban J connectivity index is 1.51. The quantitative estimate of drug-likeness (QED) is 0.625. The molecule has 0 saturated heterocycles. The standard InChI is InChI=1S/C16H23N3O2/c1-12-2-4-13(5-3-12)16(21)18-11-10-17-9-8-15(20)19-14-6-7-14/h2-5,14,17H,6-11H2,1H3,(H,18,21)(H,19,20). The minimum Gasteiger partial charge on any atom is -0.353 e. The van der Waals surface area contributed by atoms with E-state index in [0.717, 1.165) is 18.4 Å². The van der Waals surface area contributed by atoms with Gasteiger partial charge in [0.2, 0.25) is 5.91 Å². The van der Waals surface area contributed by atoms with Crippen molar-refractivity contribution in [1.29, 1.82) is 0 Å². The van der Waals surface area contributed by atoms with Crippen molar-refractivity contribution < 1.29 is 9.59 Å². The van der Waals surface area contributed by atoms with Gasteiger partial charge in [-0.3, -0.25) is 9.59 Å². The highest BCUT2D eigenvalue weighted by atomic mass is 16.2. The molecular formula is C16H23N3O2. The normalized spacial score (nSPS) is 13.8. The molecule has 0 radical (unpaired) electrons. The molecule has 1 aliphatic rings. The average Bonchev–Trinajstić information content (AvgIpc) is 3.27. The van der Waals surface area contributed by atoms with Crippen molar-refractivity contribution in [3.8, 4) is 0 Å². The number of carbonyl (C=O) groups excluding carboxylic acids is 2. The van der Waals surface area contributed by atoms with Gasteiger partial charge < -0.3 is 16.0 Å². The maximum atomic E-state index is 11.8. The lowest BCUT2D eigenvalue weighted by molar-refractivity contribution is -0.121. The molecule has 1 fully saturated rings. The Labute approximate surface area is 125 Å². The summed E-state index contributed by atoms with van der Waals surface area (Å²) in [5.74, 6) is 0.0389. The number of nitrogens with one attached hydrogen (secondary N) is 3. The molecule has 1 saturated carbocycles. The number of carbonyl (C=O) groups is 2. The van der Waals surface area contributed by atoms with E-state index >= 15 is 0 Å². The summed E-state index contributed by atoms with van der Waals surface area (Å²) < 4.78 is 0. The summed E-state index contributed by atoms with van der Waals surface area (Å²) in [5.41, 5.74) is 1.81. The molecular weight excluding hydrogens is 266 g/mol. The fourth-order valence-corrected chi connectivity index (χ4v) is 1.93. The first kappa shape index (κ1) is 15.5. The van der Waals surface area contributed by atoms with Gasteiger partial charge in [0.15, 0.2) is 0 Å². The maximum absolute atomic E-state index is 11.8. The lowest BCUT2D eigenvalue weighted by Gasteiger charge is -2.07. The molecule has 1 aromatic rings. The molecule has 21 heavy (non-hydrogen) atoms. The molecule has 0 aliphatic heterocycles. The van der Waals surface area contributed by atoms with Crippen LogP contribution in [-0.4, -0.2) is 37.5 Å². The van der Waals surface area contributed by atoms with Crippen LogP contribution in [0.3, 0.4) is 0 Å². The van der Waals surface area contributed by atoms with Crippen molar-refractivity contribution in [2.24, 2.45) is 0 Å². The second kappa shape index (κ2) is 7.78. The average molecular weight is 289 g/mol. The van der Waals surface area contributed by atoms with Crippen LogP contribution in [0.25, 0.3) is 0 Å². The van der Waals surface area contributed by atoms with E-state index in [9.17, 15) is 9.59 Å². The smallest absolute Gasteiger partial charge is 0.251 e. The molecule has 5 heteroatoms. The number of aryl methyl sites for hydroxylation is 1. The van der Waals surface area contributed by atoms with Crippen LogP contribution < -0.4 is 16.0 Å². The van der Waals surface area contributed by atoms with Crippen LogP contribution in [0.15, 0.2) is 24.3 Å². The fraction of sp³-hybridized carbons (Fsp3) is 0.500. The first-order valence-electron chi connectivity index (χ1n) is 7.50. The molecule has 0 aromatic heterocycles. The summed E-state index contributed by atoms with van der Waals surface area (Å²) in [6, 6.07) is 7.91. The third kappa shape index (κ3) is 5.95. The summed E-state index contributed by atoms with van der Waals surface area (Å²) in [6.45, 7) is 3.84. The lowest BCUT2D eigenvalue weighted by atomic mass is 10.1. The molecule has 1 aliphatic carbocycles. The van der Waals surface area contributed by atoms with Crippen molar-refractivity contribution in [1.82, 2.24) is 16.0 Å². The SMILES string of the molecule is Cc1ccc(C(=O)NCCNCCC(=O)NC2CC2)cc1. The number of benzene rings is 1. The van der Waals surface area contributed by atoms with Crippen LogP contribution in [0.4, 0.5) is 0 Å². The Bertz CT molecular complexity index is 481. The fourth-order valence-electron chi connectivity index (χ4n) is 1.93. The summed E-state index contributed by atoms with van der Waals surface area (Å²) in [5, 5.41) is 8.94. The highest BCUT2D eigenvalue weighted by Crippen LogP contribution is 2.18. The molecule has 2 rings (SSSR count). The van der Waals surface area contributed by atoms with Crippen molar-refractivity contribution in [3.63, 3.8) is 0 Å². The van der Waals surface area contributed by atoms with Crippen LogP contribution in [0.1, 0.15) is 35.2 Å². The van der Waals surface area contributed by atoms with Crippen LogP contribution in [0, 0.1) is 6.92 Å². The highest BCUT2D eigenvalue weighted by Gasteiger charge is 2.22. The topological polar surface area (TPSA) is 70.2 Å². The van der Waals surface area contributed by atoms with E-state index in [1.54, 1.807) is 0 Å². The van der Waals surface area contributed by atoms with Crippen molar-refractivity contribution in [2.75, 3.05) is 19.6 Å². The second-order valence-corrected chi connectivity index (χ2v) is 5.46. The van der Waals surface area contributed by atoms with E-state index in [4.69, 9.17) is 0 Å². The van der Waals surface area contributed by atoms with E-state index < -0.39 is 0 Å². The van der Waals surface area contributed by atoms with Crippen LogP contribution in [-0.2, 0) is 4.79 Å². The number of amides is 2. The summed E-state index contributed by atoms with van der Waals surface area (Å²) >= 11 is 0. The Kier molecular flexibility index (Phi) is 5.75. The molecule has 5 nitrogen and oxygen atoms in total. The third-order valence-electron chi connectivity index (χ3n) is 3.37. The Morgan fingerprint density at radius 1 is 1.10 bits per heavy atom. The zero-order valence-electron chi connectivity index (χ0n) is 12.4. The Morgan fingerprint density at radius 3 is 2.48 bits per heavy atom. The zero-order chi connectivity index (χ0) is 15.1. The van der Waals surface area contributed by atoms with E-state index in [0.29, 0.717) is 37.7 Å². The molecule has 0 spiro atoms. The van der Waals surface area contributed by atoms with E-state index in [-0.39, 0.29) is 11.8 Å². The van der Waals surface area contributed by atoms with Gasteiger partial charge >= 0.3 is 0 Å². The predicted molar refractivity (Wildman–Crippen MR) is 82.2 cm³/mol. The van der Waals surface area contributed by atoms with E-state index in [1.807, 2.05) is 31.2 Å². The van der Waals surface area contributed by atoms with Crippen molar-refractivity contribution in [3.05, 3.63) is 35.4 Å². The summed E-state index contributed by atoms with van der Waals surface area (Å²) in [6.07, 6.45) is 2.72. The van der Waals surface area contributed by atoms with Gasteiger partial charge in [-0.15, -0.1) is 0 Å². The number of rotatable bonds is 8. The van der Waals surface area contributed by atoms with E-state index in [2.05, 4.69) is 16.0 Å². The maximum Gasteiger partial charge on any atom is 0.251 e. The van der Waals surface area contributed by atoms with Gasteiger partial charge in [-0.05, 0) is 31.9 Å². The van der Waals surface area contributed by atoms with Crippen molar-refractivity contribution in [2.45, 2.75) is 32.2 Å². The minimum atomic E-state index is -0.0664. The Morgan fingerprint density at radius 2 is 1.81 bits per heavy atom. The van der Waals surface area contributed by atoms with Crippen molar-refractivity contribution >= 4 is 11.8 Å². The van der Waals surface area contributed by atoms with E-state index in [1.165, 1.54) is 0 Å². The largest absolute Gasteiger partial charge is 0.353 e. The molecule has 1 aromatic carbocycles. The highest BCUT2D eigenvalue weighted by molar-refractivity contribution is 5.94. The lowest BCUT2D eigenvalue weighted by Crippen LogP contribution is -2.34. The van der Waals surface area contributed by atoms with Gasteiger partial charge in [0.1, 0.15) is 0 Å². The second-order valence-electron chi connectivity index (χ2n) is 5.46. The summed E-state index contributed by atoms with van der Waals surface area (Å²) in [4.78, 5) is 23.2. The number of hydrogen-bond acceptors (Lipinski definition) is 3. The van der Waals surface area contributed by atoms with Crippen LogP contribution in [0.5, 0.6) is 0 Å². The minimum absolute atomic E-state index is 0.0664. The van der Waals surface area contributed by atoms with Crippen LogP contribution in [0.2, 0.25) is 0 Å². The monoisotopic (exact) mass is 289 g/mol. The van der Waals surface area contributed by atoms with Gasteiger partial charge in [-0.25, -0.2) is 0 Å².